The summed E-state index contributed by atoms with van der Waals surface area (Å²) >= 11 is 0. The molecule has 0 radical (unpaired) electrons. The van der Waals surface area contributed by atoms with Gasteiger partial charge in [-0.1, -0.05) is 0 Å². The van der Waals surface area contributed by atoms with E-state index in [2.05, 4.69) is 4.90 Å². The molecule has 4 heteroatoms. The molecule has 0 aromatic rings. The third kappa shape index (κ3) is 24.9. The third-order valence-corrected chi connectivity index (χ3v) is 0.743. The standard InChI is InChI=1S/C4H12N2.C2H8N2/c1-6(2)4-3-5;3-1-2-4/h3-5H2,1-2H3;1-4H2. The van der Waals surface area contributed by atoms with Crippen LogP contribution in [0.1, 0.15) is 0 Å². The molecule has 0 amide bonds. The number of rotatable bonds is 3. The van der Waals surface area contributed by atoms with Gasteiger partial charge in [-0.05, 0) is 14.1 Å². The number of likely N-dealkylation sites (N-methyl/N-ethyl adjacent to an activating group) is 1. The van der Waals surface area contributed by atoms with Crippen molar-refractivity contribution in [2.75, 3.05) is 40.3 Å². The second-order valence-electron chi connectivity index (χ2n) is 2.17. The van der Waals surface area contributed by atoms with E-state index in [1.807, 2.05) is 14.1 Å². The van der Waals surface area contributed by atoms with Gasteiger partial charge in [0, 0.05) is 26.2 Å². The van der Waals surface area contributed by atoms with Crippen molar-refractivity contribution in [2.24, 2.45) is 17.2 Å². The van der Waals surface area contributed by atoms with Gasteiger partial charge in [0.05, 0.1) is 0 Å². The minimum atomic E-state index is 0.597. The van der Waals surface area contributed by atoms with E-state index >= 15 is 0 Å². The average Bonchev–Trinajstić information content (AvgIpc) is 1.89. The lowest BCUT2D eigenvalue weighted by molar-refractivity contribution is 0.420. The van der Waals surface area contributed by atoms with E-state index in [0.29, 0.717) is 13.1 Å². The molecule has 6 N–H and O–H groups in total. The maximum absolute atomic E-state index is 5.19. The molecule has 0 atom stereocenters. The van der Waals surface area contributed by atoms with Crippen LogP contribution in [0.3, 0.4) is 0 Å². The average molecular weight is 148 g/mol. The summed E-state index contributed by atoms with van der Waals surface area (Å²) in [4.78, 5) is 2.06. The normalized spacial score (nSPS) is 9.00. The van der Waals surface area contributed by atoms with Crippen molar-refractivity contribution < 1.29 is 0 Å². The summed E-state index contributed by atoms with van der Waals surface area (Å²) in [5.41, 5.74) is 15.0. The van der Waals surface area contributed by atoms with Gasteiger partial charge in [0.2, 0.25) is 0 Å². The third-order valence-electron chi connectivity index (χ3n) is 0.743. The van der Waals surface area contributed by atoms with E-state index in [9.17, 15) is 0 Å². The van der Waals surface area contributed by atoms with Crippen molar-refractivity contribution in [1.29, 1.82) is 0 Å². The molecule has 10 heavy (non-hydrogen) atoms. The zero-order valence-corrected chi connectivity index (χ0v) is 7.01. The van der Waals surface area contributed by atoms with Crippen molar-refractivity contribution in [1.82, 2.24) is 4.90 Å². The van der Waals surface area contributed by atoms with Gasteiger partial charge in [-0.2, -0.15) is 0 Å². The summed E-state index contributed by atoms with van der Waals surface area (Å²) in [7, 11) is 4.01. The molecule has 0 bridgehead atoms. The van der Waals surface area contributed by atoms with Crippen LogP contribution in [0.2, 0.25) is 0 Å². The first-order valence-electron chi connectivity index (χ1n) is 3.44. The van der Waals surface area contributed by atoms with Crippen LogP contribution in [0.15, 0.2) is 0 Å². The van der Waals surface area contributed by atoms with E-state index in [1.54, 1.807) is 0 Å². The van der Waals surface area contributed by atoms with Gasteiger partial charge in [-0.3, -0.25) is 0 Å². The summed E-state index contributed by atoms with van der Waals surface area (Å²) in [5.74, 6) is 0. The Morgan fingerprint density at radius 1 is 0.900 bits per heavy atom. The minimum Gasteiger partial charge on any atom is -0.329 e. The molecule has 0 rings (SSSR count). The Labute approximate surface area is 63.3 Å². The number of nitrogens with two attached hydrogens (primary N) is 3. The lowest BCUT2D eigenvalue weighted by Gasteiger charge is -2.03. The fourth-order valence-electron chi connectivity index (χ4n) is 0.258. The lowest BCUT2D eigenvalue weighted by atomic mass is 10.6. The van der Waals surface area contributed by atoms with E-state index in [-0.39, 0.29) is 0 Å². The molecule has 0 aromatic heterocycles. The molecule has 0 aliphatic carbocycles. The van der Waals surface area contributed by atoms with Gasteiger partial charge in [-0.25, -0.2) is 0 Å². The molecular formula is C6H20N4. The van der Waals surface area contributed by atoms with E-state index in [4.69, 9.17) is 17.2 Å². The van der Waals surface area contributed by atoms with Crippen LogP contribution >= 0.6 is 0 Å². The Balaban J connectivity index is 0. The molecule has 0 fully saturated rings. The Bertz CT molecular complexity index is 45.0. The summed E-state index contributed by atoms with van der Waals surface area (Å²) in [5, 5.41) is 0. The van der Waals surface area contributed by atoms with Gasteiger partial charge in [0.15, 0.2) is 0 Å². The van der Waals surface area contributed by atoms with Gasteiger partial charge >= 0.3 is 0 Å². The summed E-state index contributed by atoms with van der Waals surface area (Å²) < 4.78 is 0. The molecule has 0 heterocycles. The fraction of sp³-hybridized carbons (Fsp3) is 1.00. The number of nitrogens with zero attached hydrogens (tertiary/aromatic N) is 1. The molecule has 0 saturated heterocycles. The van der Waals surface area contributed by atoms with Crippen LogP contribution in [0.4, 0.5) is 0 Å². The second-order valence-corrected chi connectivity index (χ2v) is 2.17. The second kappa shape index (κ2) is 11.6. The smallest absolute Gasteiger partial charge is 0.00985 e. The Morgan fingerprint density at radius 2 is 1.30 bits per heavy atom. The van der Waals surface area contributed by atoms with Crippen molar-refractivity contribution in [3.05, 3.63) is 0 Å². The number of hydrogen-bond acceptors (Lipinski definition) is 4. The quantitative estimate of drug-likeness (QED) is 0.451. The predicted molar refractivity (Wildman–Crippen MR) is 45.7 cm³/mol. The van der Waals surface area contributed by atoms with Crippen molar-refractivity contribution >= 4 is 0 Å². The molecule has 0 spiro atoms. The maximum atomic E-state index is 5.19. The molecule has 4 nitrogen and oxygen atoms in total. The first-order chi connectivity index (χ1) is 4.68. The van der Waals surface area contributed by atoms with Crippen LogP contribution < -0.4 is 17.2 Å². The Morgan fingerprint density at radius 3 is 1.30 bits per heavy atom. The van der Waals surface area contributed by atoms with Gasteiger partial charge < -0.3 is 22.1 Å². The van der Waals surface area contributed by atoms with Crippen LogP contribution in [0.5, 0.6) is 0 Å². The zero-order valence-electron chi connectivity index (χ0n) is 7.01. The van der Waals surface area contributed by atoms with E-state index in [1.165, 1.54) is 0 Å². The summed E-state index contributed by atoms with van der Waals surface area (Å²) in [6.45, 7) is 2.94. The monoisotopic (exact) mass is 148 g/mol. The highest BCUT2D eigenvalue weighted by atomic mass is 15.1. The Kier molecular flexibility index (Phi) is 14.5. The number of hydrogen-bond donors (Lipinski definition) is 3. The Hall–Kier alpha value is -0.160. The van der Waals surface area contributed by atoms with Gasteiger partial charge in [0.25, 0.3) is 0 Å². The van der Waals surface area contributed by atoms with Gasteiger partial charge in [-0.15, -0.1) is 0 Å². The summed E-state index contributed by atoms with van der Waals surface area (Å²) in [6, 6.07) is 0. The summed E-state index contributed by atoms with van der Waals surface area (Å²) in [6.07, 6.45) is 0. The van der Waals surface area contributed by atoms with Crippen LogP contribution in [-0.4, -0.2) is 45.2 Å². The first kappa shape index (κ1) is 12.5. The SMILES string of the molecule is CN(C)CCN.NCCN. The highest BCUT2D eigenvalue weighted by Gasteiger charge is 1.79. The van der Waals surface area contributed by atoms with Crippen LogP contribution in [0.25, 0.3) is 0 Å². The molecule has 0 aromatic carbocycles. The van der Waals surface area contributed by atoms with Crippen molar-refractivity contribution in [3.63, 3.8) is 0 Å². The van der Waals surface area contributed by atoms with E-state index < -0.39 is 0 Å². The zero-order chi connectivity index (χ0) is 8.41. The lowest BCUT2D eigenvalue weighted by Crippen LogP contribution is -2.20. The largest absolute Gasteiger partial charge is 0.329 e. The molecule has 0 saturated carbocycles. The minimum absolute atomic E-state index is 0.597. The van der Waals surface area contributed by atoms with E-state index in [0.717, 1.165) is 13.1 Å². The molecule has 64 valence electrons. The maximum Gasteiger partial charge on any atom is 0.00985 e. The van der Waals surface area contributed by atoms with Crippen LogP contribution in [-0.2, 0) is 0 Å². The van der Waals surface area contributed by atoms with Crippen LogP contribution in [0, 0.1) is 0 Å². The first-order valence-corrected chi connectivity index (χ1v) is 3.44. The van der Waals surface area contributed by atoms with Crippen molar-refractivity contribution in [3.8, 4) is 0 Å². The fourth-order valence-corrected chi connectivity index (χ4v) is 0.258. The molecule has 0 unspecified atom stereocenters. The predicted octanol–water partition coefficient (Wildman–Crippen LogP) is -1.59. The topological polar surface area (TPSA) is 81.3 Å². The van der Waals surface area contributed by atoms with Crippen molar-refractivity contribution in [2.45, 2.75) is 0 Å². The van der Waals surface area contributed by atoms with Gasteiger partial charge in [0.1, 0.15) is 0 Å². The molecule has 0 aliphatic heterocycles. The molecule has 0 aliphatic rings. The highest BCUT2D eigenvalue weighted by molar-refractivity contribution is 4.38. The highest BCUT2D eigenvalue weighted by Crippen LogP contribution is 1.64. The molecular weight excluding hydrogens is 128 g/mol.